The van der Waals surface area contributed by atoms with Gasteiger partial charge in [0.15, 0.2) is 0 Å². The van der Waals surface area contributed by atoms with Crippen LogP contribution >= 0.6 is 0 Å². The molecule has 2 aromatic heterocycles. The molecule has 2 heterocycles. The van der Waals surface area contributed by atoms with Crippen molar-refractivity contribution in [3.8, 4) is 0 Å². The van der Waals surface area contributed by atoms with Gasteiger partial charge in [-0.25, -0.2) is 9.97 Å². The van der Waals surface area contributed by atoms with Gasteiger partial charge in [0.1, 0.15) is 12.1 Å². The van der Waals surface area contributed by atoms with E-state index in [1.54, 1.807) is 6.33 Å². The van der Waals surface area contributed by atoms with Gasteiger partial charge in [0.25, 0.3) is 0 Å². The smallest absolute Gasteiger partial charge is 0.137 e. The quantitative estimate of drug-likeness (QED) is 0.789. The average Bonchev–Trinajstić information content (AvgIpc) is 2.85. The van der Waals surface area contributed by atoms with Gasteiger partial charge in [-0.3, -0.25) is 4.68 Å². The van der Waals surface area contributed by atoms with Crippen molar-refractivity contribution in [3.05, 3.63) is 48.0 Å². The molecule has 0 aliphatic heterocycles. The maximum absolute atomic E-state index is 4.33. The maximum Gasteiger partial charge on any atom is 0.137 e. The van der Waals surface area contributed by atoms with Crippen LogP contribution in [0, 0.1) is 13.8 Å². The Labute approximate surface area is 117 Å². The van der Waals surface area contributed by atoms with Crippen LogP contribution in [-0.2, 0) is 6.54 Å². The Morgan fingerprint density at radius 3 is 2.85 bits per heavy atom. The summed E-state index contributed by atoms with van der Waals surface area (Å²) in [6, 6.07) is 6.19. The molecule has 0 spiro atoms. The second kappa shape index (κ2) is 5.28. The Morgan fingerprint density at radius 1 is 1.15 bits per heavy atom. The lowest BCUT2D eigenvalue weighted by Crippen LogP contribution is -2.12. The molecule has 3 aromatic rings. The van der Waals surface area contributed by atoms with Crippen molar-refractivity contribution < 1.29 is 0 Å². The third kappa shape index (κ3) is 2.61. The molecule has 1 aromatic carbocycles. The molecule has 0 saturated carbocycles. The number of rotatable bonds is 4. The molecule has 0 radical (unpaired) electrons. The van der Waals surface area contributed by atoms with E-state index in [4.69, 9.17) is 0 Å². The minimum absolute atomic E-state index is 0.779. The lowest BCUT2D eigenvalue weighted by atomic mass is 10.1. The monoisotopic (exact) mass is 267 g/mol. The number of fused-ring (bicyclic) bond motifs is 1. The van der Waals surface area contributed by atoms with Crippen LogP contribution in [-0.4, -0.2) is 26.3 Å². The average molecular weight is 267 g/mol. The molecule has 0 unspecified atom stereocenters. The highest BCUT2D eigenvalue weighted by Crippen LogP contribution is 2.20. The van der Waals surface area contributed by atoms with Gasteiger partial charge >= 0.3 is 0 Å². The molecule has 3 rings (SSSR count). The van der Waals surface area contributed by atoms with Crippen molar-refractivity contribution >= 4 is 16.7 Å². The van der Waals surface area contributed by atoms with Crippen molar-refractivity contribution in [1.82, 2.24) is 19.7 Å². The van der Waals surface area contributed by atoms with Crippen LogP contribution < -0.4 is 5.32 Å². The van der Waals surface area contributed by atoms with E-state index in [0.717, 1.165) is 29.8 Å². The zero-order chi connectivity index (χ0) is 13.9. The molecule has 0 fully saturated rings. The third-order valence-corrected chi connectivity index (χ3v) is 3.19. The van der Waals surface area contributed by atoms with Gasteiger partial charge in [-0.15, -0.1) is 0 Å². The van der Waals surface area contributed by atoms with Crippen molar-refractivity contribution in [2.45, 2.75) is 20.4 Å². The van der Waals surface area contributed by atoms with E-state index < -0.39 is 0 Å². The van der Waals surface area contributed by atoms with Crippen molar-refractivity contribution in [2.24, 2.45) is 0 Å². The number of aromatic nitrogens is 4. The lowest BCUT2D eigenvalue weighted by molar-refractivity contribution is 0.637. The second-order valence-electron chi connectivity index (χ2n) is 4.95. The van der Waals surface area contributed by atoms with Crippen LogP contribution in [0.3, 0.4) is 0 Å². The molecule has 5 heteroatoms. The first-order valence-corrected chi connectivity index (χ1v) is 6.67. The molecule has 5 nitrogen and oxygen atoms in total. The van der Waals surface area contributed by atoms with Gasteiger partial charge in [-0.05, 0) is 31.5 Å². The summed E-state index contributed by atoms with van der Waals surface area (Å²) < 4.78 is 1.93. The standard InChI is InChI=1S/C15H17N5/c1-11-3-4-14-13(7-11)15(18-10-17-14)16-5-6-20-9-12(2)8-19-20/h3-4,7-10H,5-6H2,1-2H3,(H,16,17,18). The van der Waals surface area contributed by atoms with Crippen molar-refractivity contribution in [2.75, 3.05) is 11.9 Å². The number of benzene rings is 1. The fourth-order valence-electron chi connectivity index (χ4n) is 2.19. The normalized spacial score (nSPS) is 10.9. The Kier molecular flexibility index (Phi) is 3.33. The first-order valence-electron chi connectivity index (χ1n) is 6.67. The summed E-state index contributed by atoms with van der Waals surface area (Å²) in [6.07, 6.45) is 5.49. The Balaban J connectivity index is 1.75. The van der Waals surface area contributed by atoms with Gasteiger partial charge in [0, 0.05) is 18.1 Å². The minimum atomic E-state index is 0.779. The highest BCUT2D eigenvalue weighted by atomic mass is 15.3. The molecule has 0 bridgehead atoms. The fraction of sp³-hybridized carbons (Fsp3) is 0.267. The predicted molar refractivity (Wildman–Crippen MR) is 79.7 cm³/mol. The van der Waals surface area contributed by atoms with E-state index in [2.05, 4.69) is 39.4 Å². The molecule has 102 valence electrons. The second-order valence-corrected chi connectivity index (χ2v) is 4.95. The summed E-state index contributed by atoms with van der Waals surface area (Å²) in [6.45, 7) is 5.70. The van der Waals surface area contributed by atoms with Crippen LogP contribution in [0.15, 0.2) is 36.9 Å². The Hall–Kier alpha value is -2.43. The number of anilines is 1. The van der Waals surface area contributed by atoms with E-state index in [1.807, 2.05) is 30.1 Å². The van der Waals surface area contributed by atoms with Gasteiger partial charge in [0.05, 0.1) is 18.3 Å². The molecular formula is C15H17N5. The number of hydrogen-bond acceptors (Lipinski definition) is 4. The van der Waals surface area contributed by atoms with Gasteiger partial charge in [-0.1, -0.05) is 11.6 Å². The third-order valence-electron chi connectivity index (χ3n) is 3.19. The number of nitrogens with zero attached hydrogens (tertiary/aromatic N) is 4. The lowest BCUT2D eigenvalue weighted by Gasteiger charge is -2.08. The number of nitrogens with one attached hydrogen (secondary N) is 1. The molecular weight excluding hydrogens is 250 g/mol. The highest BCUT2D eigenvalue weighted by molar-refractivity contribution is 5.89. The summed E-state index contributed by atoms with van der Waals surface area (Å²) in [4.78, 5) is 8.62. The van der Waals surface area contributed by atoms with Crippen molar-refractivity contribution in [1.29, 1.82) is 0 Å². The predicted octanol–water partition coefficient (Wildman–Crippen LogP) is 2.56. The van der Waals surface area contributed by atoms with E-state index in [9.17, 15) is 0 Å². The van der Waals surface area contributed by atoms with Gasteiger partial charge < -0.3 is 5.32 Å². The van der Waals surface area contributed by atoms with Crippen molar-refractivity contribution in [3.63, 3.8) is 0 Å². The largest absolute Gasteiger partial charge is 0.368 e. The van der Waals surface area contributed by atoms with E-state index in [0.29, 0.717) is 0 Å². The van der Waals surface area contributed by atoms with E-state index in [1.165, 1.54) is 11.1 Å². The van der Waals surface area contributed by atoms with Crippen LogP contribution in [0.5, 0.6) is 0 Å². The summed E-state index contributed by atoms with van der Waals surface area (Å²) >= 11 is 0. The van der Waals surface area contributed by atoms with Crippen LogP contribution in [0.25, 0.3) is 10.9 Å². The minimum Gasteiger partial charge on any atom is -0.368 e. The fourth-order valence-corrected chi connectivity index (χ4v) is 2.19. The molecule has 1 N–H and O–H groups in total. The van der Waals surface area contributed by atoms with Crippen LogP contribution in [0.2, 0.25) is 0 Å². The van der Waals surface area contributed by atoms with Gasteiger partial charge in [0.2, 0.25) is 0 Å². The van der Waals surface area contributed by atoms with Gasteiger partial charge in [-0.2, -0.15) is 5.10 Å². The van der Waals surface area contributed by atoms with Crippen LogP contribution in [0.1, 0.15) is 11.1 Å². The zero-order valence-corrected chi connectivity index (χ0v) is 11.7. The number of hydrogen-bond donors (Lipinski definition) is 1. The molecule has 0 atom stereocenters. The molecule has 0 aliphatic carbocycles. The highest BCUT2D eigenvalue weighted by Gasteiger charge is 2.03. The zero-order valence-electron chi connectivity index (χ0n) is 11.7. The van der Waals surface area contributed by atoms with E-state index in [-0.39, 0.29) is 0 Å². The van der Waals surface area contributed by atoms with Crippen LogP contribution in [0.4, 0.5) is 5.82 Å². The molecule has 0 saturated heterocycles. The van der Waals surface area contributed by atoms with E-state index >= 15 is 0 Å². The Bertz CT molecular complexity index is 732. The summed E-state index contributed by atoms with van der Waals surface area (Å²) in [5, 5.41) is 8.69. The maximum atomic E-state index is 4.33. The topological polar surface area (TPSA) is 55.6 Å². The molecule has 0 aliphatic rings. The summed E-state index contributed by atoms with van der Waals surface area (Å²) in [5.74, 6) is 0.877. The number of aryl methyl sites for hydroxylation is 2. The first-order chi connectivity index (χ1) is 9.72. The summed E-state index contributed by atoms with van der Waals surface area (Å²) in [7, 11) is 0. The SMILES string of the molecule is Cc1ccc2ncnc(NCCn3cc(C)cn3)c2c1. The first kappa shape index (κ1) is 12.6. The molecule has 0 amide bonds. The Morgan fingerprint density at radius 2 is 2.05 bits per heavy atom. The molecule has 20 heavy (non-hydrogen) atoms. The summed E-state index contributed by atoms with van der Waals surface area (Å²) in [5.41, 5.74) is 3.34.